The third kappa shape index (κ3) is 4.16. The predicted molar refractivity (Wildman–Crippen MR) is 124 cm³/mol. The van der Waals surface area contributed by atoms with Crippen molar-refractivity contribution in [3.63, 3.8) is 0 Å². The number of aromatic amines is 1. The van der Waals surface area contributed by atoms with Crippen LogP contribution >= 0.6 is 23.2 Å². The second kappa shape index (κ2) is 9.18. The first-order valence-corrected chi connectivity index (χ1v) is 10.7. The number of H-pyrrole nitrogens is 1. The number of fused-ring (bicyclic) bond motifs is 1. The van der Waals surface area contributed by atoms with E-state index in [0.717, 1.165) is 28.5 Å². The van der Waals surface area contributed by atoms with E-state index in [1.165, 1.54) is 12.1 Å². The molecule has 0 spiro atoms. The Bertz CT molecular complexity index is 1200. The van der Waals surface area contributed by atoms with Gasteiger partial charge in [-0.05, 0) is 30.7 Å². The fourth-order valence-corrected chi connectivity index (χ4v) is 4.15. The number of aryl methyl sites for hydroxylation is 1. The van der Waals surface area contributed by atoms with Crippen molar-refractivity contribution in [2.75, 3.05) is 37.7 Å². The van der Waals surface area contributed by atoms with Crippen molar-refractivity contribution >= 4 is 51.7 Å². The van der Waals surface area contributed by atoms with Gasteiger partial charge in [-0.15, -0.1) is 0 Å². The van der Waals surface area contributed by atoms with Gasteiger partial charge in [-0.3, -0.25) is 9.59 Å². The van der Waals surface area contributed by atoms with Crippen LogP contribution in [0.1, 0.15) is 15.9 Å². The van der Waals surface area contributed by atoms with E-state index in [2.05, 4.69) is 26.4 Å². The molecule has 8 nitrogen and oxygen atoms in total. The minimum Gasteiger partial charge on any atom is -0.482 e. The number of hydrogen-bond donors (Lipinski definition) is 1. The average molecular weight is 474 g/mol. The Kier molecular flexibility index (Phi) is 6.34. The fraction of sp³-hybridized carbons (Fsp3) is 0.273. The maximum atomic E-state index is 12.7. The van der Waals surface area contributed by atoms with Crippen LogP contribution < -0.4 is 9.64 Å². The smallest absolute Gasteiger partial charge is 0.260 e. The molecule has 0 radical (unpaired) electrons. The lowest BCUT2D eigenvalue weighted by Gasteiger charge is -2.35. The van der Waals surface area contributed by atoms with Crippen LogP contribution in [0, 0.1) is 6.92 Å². The normalized spacial score (nSPS) is 14.0. The SMILES string of the molecule is C=CC(=O)c1ccc(OCC(=O)N2CCN(c3ncnc4[nH]cc(C)c34)CC2)c(Cl)c1Cl. The summed E-state index contributed by atoms with van der Waals surface area (Å²) in [7, 11) is 0. The van der Waals surface area contributed by atoms with Crippen molar-refractivity contribution in [3.8, 4) is 5.75 Å². The summed E-state index contributed by atoms with van der Waals surface area (Å²) in [6, 6.07) is 3.03. The molecular formula is C22H21Cl2N5O3. The van der Waals surface area contributed by atoms with E-state index in [1.54, 1.807) is 11.2 Å². The number of anilines is 1. The highest BCUT2D eigenvalue weighted by Gasteiger charge is 2.25. The number of rotatable bonds is 6. The minimum absolute atomic E-state index is 0.0753. The summed E-state index contributed by atoms with van der Waals surface area (Å²) >= 11 is 12.4. The van der Waals surface area contributed by atoms with Crippen molar-refractivity contribution in [3.05, 3.63) is 58.5 Å². The van der Waals surface area contributed by atoms with Crippen LogP contribution in [-0.4, -0.2) is 64.3 Å². The van der Waals surface area contributed by atoms with Crippen molar-refractivity contribution in [1.29, 1.82) is 0 Å². The van der Waals surface area contributed by atoms with E-state index in [-0.39, 0.29) is 39.7 Å². The largest absolute Gasteiger partial charge is 0.482 e. The molecule has 166 valence electrons. The van der Waals surface area contributed by atoms with Crippen LogP contribution in [0.3, 0.4) is 0 Å². The van der Waals surface area contributed by atoms with E-state index in [9.17, 15) is 9.59 Å². The Labute approximate surface area is 194 Å². The Morgan fingerprint density at radius 2 is 1.94 bits per heavy atom. The monoisotopic (exact) mass is 473 g/mol. The number of ketones is 1. The summed E-state index contributed by atoms with van der Waals surface area (Å²) in [5.41, 5.74) is 2.12. The van der Waals surface area contributed by atoms with Gasteiger partial charge in [0.1, 0.15) is 28.6 Å². The molecule has 0 saturated carbocycles. The van der Waals surface area contributed by atoms with Crippen LogP contribution in [0.4, 0.5) is 5.82 Å². The second-order valence-electron chi connectivity index (χ2n) is 7.36. The number of nitrogens with one attached hydrogen (secondary N) is 1. The number of hydrogen-bond acceptors (Lipinski definition) is 6. The molecule has 1 amide bonds. The van der Waals surface area contributed by atoms with Crippen molar-refractivity contribution < 1.29 is 14.3 Å². The van der Waals surface area contributed by atoms with Crippen LogP contribution in [0.25, 0.3) is 11.0 Å². The first kappa shape index (κ1) is 22.1. The first-order valence-electron chi connectivity index (χ1n) is 9.99. The van der Waals surface area contributed by atoms with Gasteiger partial charge in [0.2, 0.25) is 0 Å². The molecule has 3 aromatic rings. The fourth-order valence-electron chi connectivity index (χ4n) is 3.68. The van der Waals surface area contributed by atoms with Crippen molar-refractivity contribution in [2.24, 2.45) is 0 Å². The summed E-state index contributed by atoms with van der Waals surface area (Å²) in [4.78, 5) is 40.2. The maximum Gasteiger partial charge on any atom is 0.260 e. The number of benzene rings is 1. The van der Waals surface area contributed by atoms with Crippen molar-refractivity contribution in [1.82, 2.24) is 19.9 Å². The molecule has 0 atom stereocenters. The number of nitrogens with zero attached hydrogens (tertiary/aromatic N) is 4. The van der Waals surface area contributed by atoms with Crippen molar-refractivity contribution in [2.45, 2.75) is 6.92 Å². The van der Waals surface area contributed by atoms with Crippen LogP contribution in [0.15, 0.2) is 37.3 Å². The van der Waals surface area contributed by atoms with Gasteiger partial charge in [0.25, 0.3) is 5.91 Å². The highest BCUT2D eigenvalue weighted by atomic mass is 35.5. The number of piperazine rings is 1. The van der Waals surface area contributed by atoms with Gasteiger partial charge in [0.05, 0.1) is 10.4 Å². The molecule has 4 rings (SSSR count). The molecule has 32 heavy (non-hydrogen) atoms. The molecule has 0 bridgehead atoms. The van der Waals surface area contributed by atoms with E-state index in [0.29, 0.717) is 26.2 Å². The van der Waals surface area contributed by atoms with Gasteiger partial charge >= 0.3 is 0 Å². The van der Waals surface area contributed by atoms with Gasteiger partial charge < -0.3 is 19.5 Å². The molecule has 1 N–H and O–H groups in total. The van der Waals surface area contributed by atoms with Gasteiger partial charge in [0.15, 0.2) is 12.4 Å². The van der Waals surface area contributed by atoms with Crippen LogP contribution in [0.2, 0.25) is 10.0 Å². The zero-order valence-electron chi connectivity index (χ0n) is 17.4. The number of carbonyl (C=O) groups is 2. The van der Waals surface area contributed by atoms with Gasteiger partial charge in [-0.1, -0.05) is 29.8 Å². The molecule has 10 heteroatoms. The third-order valence-electron chi connectivity index (χ3n) is 5.43. The number of ether oxygens (including phenoxy) is 1. The Balaban J connectivity index is 1.37. The highest BCUT2D eigenvalue weighted by Crippen LogP contribution is 2.35. The summed E-state index contributed by atoms with van der Waals surface area (Å²) in [5.74, 6) is 0.616. The number of carbonyl (C=O) groups excluding carboxylic acids is 2. The number of allylic oxidation sites excluding steroid dienone is 1. The highest BCUT2D eigenvalue weighted by molar-refractivity contribution is 6.45. The van der Waals surface area contributed by atoms with Gasteiger partial charge in [0, 0.05) is 37.9 Å². The molecule has 1 aromatic carbocycles. The maximum absolute atomic E-state index is 12.7. The van der Waals surface area contributed by atoms with E-state index in [1.807, 2.05) is 13.1 Å². The molecule has 2 aromatic heterocycles. The summed E-state index contributed by atoms with van der Waals surface area (Å²) < 4.78 is 5.59. The Morgan fingerprint density at radius 3 is 2.66 bits per heavy atom. The molecule has 1 aliphatic heterocycles. The van der Waals surface area contributed by atoms with Gasteiger partial charge in [-0.2, -0.15) is 0 Å². The third-order valence-corrected chi connectivity index (χ3v) is 6.29. The quantitative estimate of drug-likeness (QED) is 0.433. The number of aromatic nitrogens is 3. The standard InChI is InChI=1S/C22H21Cl2N5O3/c1-3-15(30)14-4-5-16(20(24)19(14)23)32-11-17(31)28-6-8-29(9-7-28)22-18-13(2)10-25-21(18)26-12-27-22/h3-5,10,12H,1,6-9,11H2,2H3,(H,25,26,27). The van der Waals surface area contributed by atoms with Crippen LogP contribution in [0.5, 0.6) is 5.75 Å². The zero-order chi connectivity index (χ0) is 22.8. The lowest BCUT2D eigenvalue weighted by atomic mass is 10.1. The lowest BCUT2D eigenvalue weighted by molar-refractivity contribution is -0.133. The summed E-state index contributed by atoms with van der Waals surface area (Å²) in [5, 5.41) is 1.17. The van der Waals surface area contributed by atoms with E-state index >= 15 is 0 Å². The van der Waals surface area contributed by atoms with Crippen LogP contribution in [-0.2, 0) is 4.79 Å². The molecule has 1 fully saturated rings. The molecular weight excluding hydrogens is 453 g/mol. The number of halogens is 2. The average Bonchev–Trinajstić information content (AvgIpc) is 3.20. The predicted octanol–water partition coefficient (Wildman–Crippen LogP) is 3.67. The zero-order valence-corrected chi connectivity index (χ0v) is 18.9. The minimum atomic E-state index is -0.340. The summed E-state index contributed by atoms with van der Waals surface area (Å²) in [6.07, 6.45) is 4.62. The second-order valence-corrected chi connectivity index (χ2v) is 8.11. The number of amides is 1. The molecule has 0 aliphatic carbocycles. The molecule has 1 saturated heterocycles. The Morgan fingerprint density at radius 1 is 1.19 bits per heavy atom. The molecule has 3 heterocycles. The summed E-state index contributed by atoms with van der Waals surface area (Å²) in [6.45, 7) is 7.64. The molecule has 0 unspecified atom stereocenters. The van der Waals surface area contributed by atoms with E-state index < -0.39 is 0 Å². The van der Waals surface area contributed by atoms with Gasteiger partial charge in [-0.25, -0.2) is 9.97 Å². The molecule has 1 aliphatic rings. The Hall–Kier alpha value is -3.10. The topological polar surface area (TPSA) is 91.4 Å². The first-order chi connectivity index (χ1) is 15.4. The lowest BCUT2D eigenvalue weighted by Crippen LogP contribution is -2.50. The van der Waals surface area contributed by atoms with E-state index in [4.69, 9.17) is 27.9 Å².